The number of carbonyl (C=O) groups is 2. The molecule has 2 heterocycles. The molecule has 0 N–H and O–H groups in total. The minimum atomic E-state index is -0.172. The Morgan fingerprint density at radius 1 is 1.22 bits per heavy atom. The second-order valence-electron chi connectivity index (χ2n) is 6.85. The maximum Gasteiger partial charge on any atom is 0.232 e. The van der Waals surface area contributed by atoms with Crippen molar-refractivity contribution in [2.75, 3.05) is 18.0 Å². The van der Waals surface area contributed by atoms with Crippen molar-refractivity contribution in [3.63, 3.8) is 0 Å². The molecule has 2 aliphatic heterocycles. The van der Waals surface area contributed by atoms with Crippen molar-refractivity contribution in [2.24, 2.45) is 5.92 Å². The second kappa shape index (κ2) is 5.86. The van der Waals surface area contributed by atoms with Crippen LogP contribution < -0.4 is 4.90 Å². The summed E-state index contributed by atoms with van der Waals surface area (Å²) in [5.41, 5.74) is 1.02. The van der Waals surface area contributed by atoms with Gasteiger partial charge in [0.15, 0.2) is 0 Å². The van der Waals surface area contributed by atoms with Crippen molar-refractivity contribution in [3.8, 4) is 0 Å². The Morgan fingerprint density at radius 3 is 2.78 bits per heavy atom. The number of anilines is 1. The number of likely N-dealkylation sites (tertiary alicyclic amines) is 1. The minimum Gasteiger partial charge on any atom is -0.339 e. The summed E-state index contributed by atoms with van der Waals surface area (Å²) >= 11 is 1.84. The van der Waals surface area contributed by atoms with Gasteiger partial charge in [-0.2, -0.15) is 0 Å². The number of thioether (sulfide) groups is 1. The minimum absolute atomic E-state index is 0.128. The first-order valence-corrected chi connectivity index (χ1v) is 9.38. The van der Waals surface area contributed by atoms with E-state index >= 15 is 0 Å². The van der Waals surface area contributed by atoms with Gasteiger partial charge in [-0.05, 0) is 31.4 Å². The van der Waals surface area contributed by atoms with Crippen LogP contribution in [0.25, 0.3) is 0 Å². The highest BCUT2D eigenvalue weighted by Gasteiger charge is 2.43. The van der Waals surface area contributed by atoms with Crippen LogP contribution in [0.15, 0.2) is 29.2 Å². The topological polar surface area (TPSA) is 40.6 Å². The zero-order chi connectivity index (χ0) is 16.0. The number of benzene rings is 1. The third kappa shape index (κ3) is 2.87. The lowest BCUT2D eigenvalue weighted by Gasteiger charge is -2.25. The van der Waals surface area contributed by atoms with E-state index in [9.17, 15) is 9.59 Å². The Balaban J connectivity index is 1.57. The molecule has 0 unspecified atom stereocenters. The first-order valence-electron chi connectivity index (χ1n) is 8.50. The lowest BCUT2D eigenvalue weighted by atomic mass is 10.1. The van der Waals surface area contributed by atoms with E-state index in [1.807, 2.05) is 39.8 Å². The molecular formula is C18H22N2O2S. The molecule has 5 heteroatoms. The van der Waals surface area contributed by atoms with E-state index in [1.54, 1.807) is 0 Å². The van der Waals surface area contributed by atoms with E-state index in [0.29, 0.717) is 24.3 Å². The summed E-state index contributed by atoms with van der Waals surface area (Å²) in [5.74, 6) is 0.120. The van der Waals surface area contributed by atoms with E-state index in [-0.39, 0.29) is 17.7 Å². The maximum atomic E-state index is 13.1. The molecule has 2 amide bonds. The standard InChI is InChI=1S/C18H22N2O2S/c1-12-8-9-19(15-4-2-3-5-16(15)23-12)18(22)13-10-17(21)20(11-13)14-6-7-14/h2-5,12-14H,6-11H2,1H3/t12-,13+/m1/s1. The fourth-order valence-electron chi connectivity index (χ4n) is 3.57. The molecule has 2 fully saturated rings. The number of para-hydroxylation sites is 1. The van der Waals surface area contributed by atoms with E-state index in [4.69, 9.17) is 0 Å². The number of fused-ring (bicyclic) bond motifs is 1. The van der Waals surface area contributed by atoms with Crippen LogP contribution in [0.3, 0.4) is 0 Å². The highest BCUT2D eigenvalue weighted by Crippen LogP contribution is 2.39. The number of carbonyl (C=O) groups excluding carboxylic acids is 2. The Morgan fingerprint density at radius 2 is 2.00 bits per heavy atom. The molecule has 0 bridgehead atoms. The lowest BCUT2D eigenvalue weighted by molar-refractivity contribution is -0.128. The molecule has 0 radical (unpaired) electrons. The summed E-state index contributed by atoms with van der Waals surface area (Å²) < 4.78 is 0. The molecule has 4 rings (SSSR count). The Hall–Kier alpha value is -1.49. The molecule has 0 spiro atoms. The van der Waals surface area contributed by atoms with Crippen LogP contribution in [0.4, 0.5) is 5.69 Å². The van der Waals surface area contributed by atoms with E-state index < -0.39 is 0 Å². The molecule has 1 saturated carbocycles. The predicted octanol–water partition coefficient (Wildman–Crippen LogP) is 2.91. The maximum absolute atomic E-state index is 13.1. The summed E-state index contributed by atoms with van der Waals surface area (Å²) in [6, 6.07) is 8.56. The summed E-state index contributed by atoms with van der Waals surface area (Å²) in [6.07, 6.45) is 3.58. The van der Waals surface area contributed by atoms with Gasteiger partial charge in [0.1, 0.15) is 0 Å². The summed E-state index contributed by atoms with van der Waals surface area (Å²) in [5, 5.41) is 0.502. The van der Waals surface area contributed by atoms with Crippen LogP contribution in [0, 0.1) is 5.92 Å². The summed E-state index contributed by atoms with van der Waals surface area (Å²) in [7, 11) is 0. The molecule has 2 atom stereocenters. The fraction of sp³-hybridized carbons (Fsp3) is 0.556. The number of nitrogens with zero attached hydrogens (tertiary/aromatic N) is 2. The Bertz CT molecular complexity index is 644. The van der Waals surface area contributed by atoms with Gasteiger partial charge in [-0.25, -0.2) is 0 Å². The van der Waals surface area contributed by atoms with Crippen molar-refractivity contribution in [1.29, 1.82) is 0 Å². The third-order valence-corrected chi connectivity index (χ3v) is 6.24. The number of rotatable bonds is 2. The van der Waals surface area contributed by atoms with E-state index in [2.05, 4.69) is 13.0 Å². The molecule has 1 aliphatic carbocycles. The van der Waals surface area contributed by atoms with E-state index in [1.165, 1.54) is 4.90 Å². The van der Waals surface area contributed by atoms with E-state index in [0.717, 1.165) is 31.5 Å². The van der Waals surface area contributed by atoms with Gasteiger partial charge in [-0.1, -0.05) is 19.1 Å². The van der Waals surface area contributed by atoms with Crippen LogP contribution in [0.5, 0.6) is 0 Å². The lowest BCUT2D eigenvalue weighted by Crippen LogP contribution is -2.38. The summed E-state index contributed by atoms with van der Waals surface area (Å²) in [6.45, 7) is 3.57. The number of amides is 2. The number of hydrogen-bond acceptors (Lipinski definition) is 3. The van der Waals surface area contributed by atoms with Crippen LogP contribution in [-0.2, 0) is 9.59 Å². The largest absolute Gasteiger partial charge is 0.339 e. The monoisotopic (exact) mass is 330 g/mol. The smallest absolute Gasteiger partial charge is 0.232 e. The van der Waals surface area contributed by atoms with Crippen LogP contribution in [-0.4, -0.2) is 41.1 Å². The average Bonchev–Trinajstić information content (AvgIpc) is 3.32. The van der Waals surface area contributed by atoms with Gasteiger partial charge in [0, 0.05) is 35.7 Å². The molecule has 1 saturated heterocycles. The molecular weight excluding hydrogens is 308 g/mol. The predicted molar refractivity (Wildman–Crippen MR) is 91.6 cm³/mol. The van der Waals surface area contributed by atoms with Crippen LogP contribution in [0.1, 0.15) is 32.6 Å². The van der Waals surface area contributed by atoms with Gasteiger partial charge in [0.2, 0.25) is 11.8 Å². The normalized spacial score (nSPS) is 27.8. The van der Waals surface area contributed by atoms with Gasteiger partial charge < -0.3 is 9.80 Å². The Labute approximate surface area is 141 Å². The first-order chi connectivity index (χ1) is 11.1. The molecule has 1 aromatic rings. The van der Waals surface area contributed by atoms with Gasteiger partial charge in [-0.15, -0.1) is 11.8 Å². The first kappa shape index (κ1) is 15.1. The highest BCUT2D eigenvalue weighted by molar-refractivity contribution is 8.00. The van der Waals surface area contributed by atoms with Crippen LogP contribution in [0.2, 0.25) is 0 Å². The van der Waals surface area contributed by atoms with Gasteiger partial charge >= 0.3 is 0 Å². The summed E-state index contributed by atoms with van der Waals surface area (Å²) in [4.78, 5) is 30.3. The van der Waals surface area contributed by atoms with Crippen LogP contribution >= 0.6 is 11.8 Å². The van der Waals surface area contributed by atoms with Gasteiger partial charge in [0.25, 0.3) is 0 Å². The number of hydrogen-bond donors (Lipinski definition) is 0. The zero-order valence-corrected chi connectivity index (χ0v) is 14.2. The van der Waals surface area contributed by atoms with Crippen molar-refractivity contribution in [3.05, 3.63) is 24.3 Å². The van der Waals surface area contributed by atoms with Gasteiger partial charge in [0.05, 0.1) is 11.6 Å². The molecule has 4 nitrogen and oxygen atoms in total. The second-order valence-corrected chi connectivity index (χ2v) is 8.33. The van der Waals surface area contributed by atoms with Gasteiger partial charge in [-0.3, -0.25) is 9.59 Å². The highest BCUT2D eigenvalue weighted by atomic mass is 32.2. The van der Waals surface area contributed by atoms with Crippen molar-refractivity contribution in [1.82, 2.24) is 4.90 Å². The van der Waals surface area contributed by atoms with Crippen molar-refractivity contribution < 1.29 is 9.59 Å². The van der Waals surface area contributed by atoms with Crippen molar-refractivity contribution in [2.45, 2.75) is 48.8 Å². The molecule has 3 aliphatic rings. The average molecular weight is 330 g/mol. The molecule has 0 aromatic heterocycles. The zero-order valence-electron chi connectivity index (χ0n) is 13.4. The molecule has 23 heavy (non-hydrogen) atoms. The Kier molecular flexibility index (Phi) is 3.84. The molecule has 1 aromatic carbocycles. The quantitative estimate of drug-likeness (QED) is 0.837. The third-order valence-electron chi connectivity index (χ3n) is 5.00. The SMILES string of the molecule is C[C@@H]1CCN(C(=O)[C@H]2CC(=O)N(C3CC3)C2)c2ccccc2S1. The molecule has 122 valence electrons. The fourth-order valence-corrected chi connectivity index (χ4v) is 4.69. The van der Waals surface area contributed by atoms with Crippen molar-refractivity contribution >= 4 is 29.3 Å².